The van der Waals surface area contributed by atoms with Gasteiger partial charge in [0.05, 0.1) is 42.3 Å². The fourth-order valence-electron chi connectivity index (χ4n) is 4.74. The zero-order chi connectivity index (χ0) is 25.2. The molecule has 0 amide bonds. The molecule has 0 radical (unpaired) electrons. The lowest BCUT2D eigenvalue weighted by molar-refractivity contribution is 0.485. The molecule has 0 saturated carbocycles. The Kier molecular flexibility index (Phi) is 11.3. The molecule has 2 aromatic rings. The molecule has 2 nitrogen and oxygen atoms in total. The average molecular weight is 467 g/mol. The molecule has 0 spiro atoms. The van der Waals surface area contributed by atoms with Gasteiger partial charge in [0.15, 0.2) is 0 Å². The van der Waals surface area contributed by atoms with E-state index in [0.29, 0.717) is 0 Å². The van der Waals surface area contributed by atoms with Gasteiger partial charge in [-0.3, -0.25) is 8.97 Å². The minimum absolute atomic E-state index is 0.852. The van der Waals surface area contributed by atoms with Crippen LogP contribution in [0.25, 0.3) is 11.1 Å². The number of benzene rings is 2. The summed E-state index contributed by atoms with van der Waals surface area (Å²) in [5.74, 6) is 0. The van der Waals surface area contributed by atoms with Crippen LogP contribution < -0.4 is 8.97 Å². The van der Waals surface area contributed by atoms with Crippen molar-refractivity contribution >= 4 is 11.4 Å². The average Bonchev–Trinajstić information content (AvgIpc) is 2.77. The Morgan fingerprint density at radius 3 is 1.15 bits per heavy atom. The van der Waals surface area contributed by atoms with Gasteiger partial charge in [-0.25, -0.2) is 0 Å². The van der Waals surface area contributed by atoms with Crippen molar-refractivity contribution in [3.63, 3.8) is 0 Å². The summed E-state index contributed by atoms with van der Waals surface area (Å²) in [6.07, 6.45) is 15.7. The van der Waals surface area contributed by atoms with Crippen molar-refractivity contribution in [1.29, 1.82) is 0 Å². The molecule has 0 aliphatic heterocycles. The van der Waals surface area contributed by atoms with Gasteiger partial charge in [0, 0.05) is 12.1 Å². The topological polar surface area (TPSA) is 0 Å². The van der Waals surface area contributed by atoms with Crippen LogP contribution in [0.5, 0.6) is 0 Å². The second kappa shape index (κ2) is 13.4. The van der Waals surface area contributed by atoms with Gasteiger partial charge in [0.25, 0.3) is 0 Å². The van der Waals surface area contributed by atoms with E-state index in [1.54, 1.807) is 0 Å². The summed E-state index contributed by atoms with van der Waals surface area (Å²) in [6.45, 7) is 4.60. The SMILES string of the molecule is CCCCCCCc1ccc([N+](C)(C)C)cc1-c1cc([N+](C)(C)C)ccc1CCCCCCC. The van der Waals surface area contributed by atoms with Crippen LogP contribution in [0.15, 0.2) is 36.4 Å². The molecule has 0 atom stereocenters. The molecule has 0 aromatic heterocycles. The second-order valence-corrected chi connectivity index (χ2v) is 12.0. The Balaban J connectivity index is 2.47. The van der Waals surface area contributed by atoms with Crippen LogP contribution in [0.1, 0.15) is 89.2 Å². The van der Waals surface area contributed by atoms with Crippen LogP contribution in [0, 0.1) is 0 Å². The summed E-state index contributed by atoms with van der Waals surface area (Å²) in [5.41, 5.74) is 8.77. The number of hydrogen-bond acceptors (Lipinski definition) is 0. The summed E-state index contributed by atoms with van der Waals surface area (Å²) in [6, 6.07) is 14.6. The first-order valence-electron chi connectivity index (χ1n) is 14.0. The van der Waals surface area contributed by atoms with Crippen molar-refractivity contribution < 1.29 is 0 Å². The second-order valence-electron chi connectivity index (χ2n) is 12.0. The Labute approximate surface area is 212 Å². The van der Waals surface area contributed by atoms with Gasteiger partial charge in [0.1, 0.15) is 11.4 Å². The smallest absolute Gasteiger partial charge is 0.132 e. The first-order chi connectivity index (χ1) is 16.1. The van der Waals surface area contributed by atoms with Gasteiger partial charge in [-0.1, -0.05) is 77.3 Å². The molecule has 34 heavy (non-hydrogen) atoms. The Hall–Kier alpha value is -1.64. The molecule has 2 aromatic carbocycles. The Morgan fingerprint density at radius 2 is 0.824 bits per heavy atom. The van der Waals surface area contributed by atoms with E-state index >= 15 is 0 Å². The van der Waals surface area contributed by atoms with E-state index in [0.717, 1.165) is 8.97 Å². The summed E-state index contributed by atoms with van der Waals surface area (Å²) >= 11 is 0. The third-order valence-electron chi connectivity index (χ3n) is 7.13. The quantitative estimate of drug-likeness (QED) is 0.182. The molecule has 0 bridgehead atoms. The predicted molar refractivity (Wildman–Crippen MR) is 156 cm³/mol. The van der Waals surface area contributed by atoms with Crippen molar-refractivity contribution in [1.82, 2.24) is 8.97 Å². The Bertz CT molecular complexity index is 794. The van der Waals surface area contributed by atoms with E-state index in [-0.39, 0.29) is 0 Å². The molecule has 2 heteroatoms. The van der Waals surface area contributed by atoms with Crippen molar-refractivity contribution in [2.24, 2.45) is 0 Å². The maximum absolute atomic E-state index is 2.50. The van der Waals surface area contributed by atoms with Gasteiger partial charge in [-0.15, -0.1) is 0 Å². The molecule has 0 N–H and O–H groups in total. The van der Waals surface area contributed by atoms with Gasteiger partial charge in [0.2, 0.25) is 0 Å². The number of aryl methyl sites for hydroxylation is 2. The van der Waals surface area contributed by atoms with E-state index in [2.05, 4.69) is 92.5 Å². The first kappa shape index (κ1) is 28.6. The van der Waals surface area contributed by atoms with Crippen LogP contribution >= 0.6 is 0 Å². The van der Waals surface area contributed by atoms with Gasteiger partial charge in [-0.2, -0.15) is 0 Å². The maximum atomic E-state index is 2.50. The van der Waals surface area contributed by atoms with Gasteiger partial charge >= 0.3 is 0 Å². The van der Waals surface area contributed by atoms with Crippen LogP contribution in [0.3, 0.4) is 0 Å². The largest absolute Gasteiger partial charge is 0.298 e. The summed E-state index contributed by atoms with van der Waals surface area (Å²) in [5, 5.41) is 0. The number of rotatable bonds is 15. The molecule has 2 rings (SSSR count). The molecule has 0 fully saturated rings. The first-order valence-corrected chi connectivity index (χ1v) is 14.0. The zero-order valence-corrected chi connectivity index (χ0v) is 23.8. The minimum atomic E-state index is 0.852. The van der Waals surface area contributed by atoms with E-state index in [1.165, 1.54) is 111 Å². The lowest BCUT2D eigenvalue weighted by Crippen LogP contribution is -2.35. The molecule has 0 saturated heterocycles. The fourth-order valence-corrected chi connectivity index (χ4v) is 4.74. The molecule has 0 unspecified atom stereocenters. The van der Waals surface area contributed by atoms with E-state index in [4.69, 9.17) is 0 Å². The standard InChI is InChI=1S/C32H54N2/c1-9-11-13-15-17-19-27-21-23-29(33(3,4)5)25-31(27)32-26-30(34(6,7)8)24-22-28(32)20-18-16-14-12-10-2/h21-26H,9-20H2,1-8H3/q+2. The third-order valence-corrected chi connectivity index (χ3v) is 7.13. The van der Waals surface area contributed by atoms with E-state index < -0.39 is 0 Å². The lowest BCUT2D eigenvalue weighted by Gasteiger charge is -2.27. The minimum Gasteiger partial charge on any atom is -0.298 e. The molecule has 0 aliphatic carbocycles. The number of nitrogens with zero attached hydrogens (tertiary/aromatic N) is 2. The number of unbranched alkanes of at least 4 members (excludes halogenated alkanes) is 8. The predicted octanol–water partition coefficient (Wildman–Crippen LogP) is 8.77. The molecule has 0 heterocycles. The van der Waals surface area contributed by atoms with Crippen LogP contribution in [-0.4, -0.2) is 42.3 Å². The highest BCUT2D eigenvalue weighted by molar-refractivity contribution is 5.77. The molecule has 190 valence electrons. The zero-order valence-electron chi connectivity index (χ0n) is 23.8. The van der Waals surface area contributed by atoms with Crippen molar-refractivity contribution in [3.05, 3.63) is 47.5 Å². The number of quaternary nitrogens is 2. The normalized spacial score (nSPS) is 12.4. The van der Waals surface area contributed by atoms with Crippen molar-refractivity contribution in [2.75, 3.05) is 42.3 Å². The van der Waals surface area contributed by atoms with Crippen LogP contribution in [-0.2, 0) is 12.8 Å². The number of hydrogen-bond donors (Lipinski definition) is 0. The summed E-state index contributed by atoms with van der Waals surface area (Å²) < 4.78 is 1.70. The summed E-state index contributed by atoms with van der Waals surface area (Å²) in [7, 11) is 13.7. The third kappa shape index (κ3) is 8.86. The van der Waals surface area contributed by atoms with Gasteiger partial charge < -0.3 is 0 Å². The monoisotopic (exact) mass is 466 g/mol. The Morgan fingerprint density at radius 1 is 0.471 bits per heavy atom. The maximum Gasteiger partial charge on any atom is 0.132 e. The fraction of sp³-hybridized carbons (Fsp3) is 0.625. The van der Waals surface area contributed by atoms with Crippen LogP contribution in [0.4, 0.5) is 11.4 Å². The highest BCUT2D eigenvalue weighted by Gasteiger charge is 2.20. The summed E-state index contributed by atoms with van der Waals surface area (Å²) in [4.78, 5) is 0. The highest BCUT2D eigenvalue weighted by atomic mass is 15.3. The van der Waals surface area contributed by atoms with Crippen LogP contribution in [0.2, 0.25) is 0 Å². The van der Waals surface area contributed by atoms with E-state index in [1.807, 2.05) is 0 Å². The molecular formula is C32H54N2+2. The molecular weight excluding hydrogens is 412 g/mol. The lowest BCUT2D eigenvalue weighted by atomic mass is 9.89. The highest BCUT2D eigenvalue weighted by Crippen LogP contribution is 2.36. The van der Waals surface area contributed by atoms with Gasteiger partial charge in [-0.05, 0) is 60.1 Å². The van der Waals surface area contributed by atoms with Crippen molar-refractivity contribution in [3.8, 4) is 11.1 Å². The molecule has 0 aliphatic rings. The van der Waals surface area contributed by atoms with Crippen molar-refractivity contribution in [2.45, 2.75) is 90.9 Å². The van der Waals surface area contributed by atoms with E-state index in [9.17, 15) is 0 Å².